The van der Waals surface area contributed by atoms with Crippen LogP contribution in [0.25, 0.3) is 0 Å². The first-order chi connectivity index (χ1) is 14.2. The second-order valence-corrected chi connectivity index (χ2v) is 8.06. The van der Waals surface area contributed by atoms with Gasteiger partial charge in [-0.15, -0.1) is 0 Å². The lowest BCUT2D eigenvalue weighted by Gasteiger charge is -2.36. The molecule has 0 bridgehead atoms. The smallest absolute Gasteiger partial charge is 0.0834 e. The normalized spacial score (nSPS) is 20.8. The molecule has 1 fully saturated rings. The number of hydrogen-bond acceptors (Lipinski definition) is 3. The van der Waals surface area contributed by atoms with Crippen LogP contribution in [0.4, 0.5) is 0 Å². The van der Waals surface area contributed by atoms with Crippen LogP contribution < -0.4 is 0 Å². The maximum atomic E-state index is 11.0. The molecule has 0 spiro atoms. The molecule has 0 unspecified atom stereocenters. The van der Waals surface area contributed by atoms with Gasteiger partial charge in [-0.05, 0) is 23.6 Å². The Morgan fingerprint density at radius 1 is 0.828 bits per heavy atom. The van der Waals surface area contributed by atoms with Crippen molar-refractivity contribution in [2.45, 2.75) is 38.2 Å². The van der Waals surface area contributed by atoms with Crippen molar-refractivity contribution in [3.05, 3.63) is 108 Å². The number of rotatable bonds is 7. The lowest BCUT2D eigenvalue weighted by atomic mass is 10.0. The topological polar surface area (TPSA) is 26.7 Å². The van der Waals surface area contributed by atoms with Crippen molar-refractivity contribution in [2.75, 3.05) is 13.1 Å². The van der Waals surface area contributed by atoms with Crippen LogP contribution in [-0.2, 0) is 13.1 Å². The molecule has 4 rings (SSSR count). The summed E-state index contributed by atoms with van der Waals surface area (Å²) < 4.78 is 0. The van der Waals surface area contributed by atoms with E-state index in [9.17, 15) is 5.11 Å². The van der Waals surface area contributed by atoms with Crippen LogP contribution in [0.3, 0.4) is 0 Å². The number of β-amino-alcohol motifs (C(OH)–C–C–N with tert-alkyl or cyclic N) is 1. The Balaban J connectivity index is 1.55. The quantitative estimate of drug-likeness (QED) is 0.648. The molecule has 0 radical (unpaired) electrons. The Labute approximate surface area is 174 Å². The molecule has 1 N–H and O–H groups in total. The van der Waals surface area contributed by atoms with Gasteiger partial charge < -0.3 is 5.11 Å². The second kappa shape index (κ2) is 9.36. The fourth-order valence-corrected chi connectivity index (χ4v) is 4.40. The highest BCUT2D eigenvalue weighted by Crippen LogP contribution is 2.29. The van der Waals surface area contributed by atoms with E-state index in [1.807, 2.05) is 6.07 Å². The fraction of sp³-hybridized carbons (Fsp3) is 0.308. The highest BCUT2D eigenvalue weighted by molar-refractivity contribution is 5.21. The van der Waals surface area contributed by atoms with E-state index < -0.39 is 0 Å². The predicted octanol–water partition coefficient (Wildman–Crippen LogP) is 4.50. The third kappa shape index (κ3) is 4.94. The van der Waals surface area contributed by atoms with Crippen LogP contribution >= 0.6 is 0 Å². The fourth-order valence-electron chi connectivity index (χ4n) is 4.40. The molecule has 1 aliphatic heterocycles. The molecular formula is C26H30N2O. The molecule has 3 atom stereocenters. The molecule has 150 valence electrons. The lowest BCUT2D eigenvalue weighted by molar-refractivity contribution is 0.0523. The molecule has 0 aromatic heterocycles. The van der Waals surface area contributed by atoms with Gasteiger partial charge in [-0.3, -0.25) is 9.80 Å². The number of likely N-dealkylation sites (tertiary alicyclic amines) is 1. The van der Waals surface area contributed by atoms with Crippen LogP contribution in [0.2, 0.25) is 0 Å². The first-order valence-corrected chi connectivity index (χ1v) is 10.5. The van der Waals surface area contributed by atoms with Gasteiger partial charge >= 0.3 is 0 Å². The summed E-state index contributed by atoms with van der Waals surface area (Å²) in [6.07, 6.45) is -0.353. The van der Waals surface area contributed by atoms with Gasteiger partial charge in [0.15, 0.2) is 0 Å². The van der Waals surface area contributed by atoms with E-state index in [1.165, 1.54) is 16.7 Å². The molecule has 3 aromatic carbocycles. The average Bonchev–Trinajstić information content (AvgIpc) is 3.13. The molecule has 1 aliphatic rings. The molecule has 1 heterocycles. The summed E-state index contributed by atoms with van der Waals surface area (Å²) in [6.45, 7) is 5.56. The van der Waals surface area contributed by atoms with Crippen LogP contribution in [0.15, 0.2) is 91.0 Å². The Morgan fingerprint density at radius 2 is 1.38 bits per heavy atom. The highest BCUT2D eigenvalue weighted by atomic mass is 16.3. The maximum absolute atomic E-state index is 11.0. The van der Waals surface area contributed by atoms with E-state index in [2.05, 4.69) is 102 Å². The van der Waals surface area contributed by atoms with Gasteiger partial charge in [0.2, 0.25) is 0 Å². The minimum atomic E-state index is -0.353. The summed E-state index contributed by atoms with van der Waals surface area (Å²) in [5.41, 5.74) is 3.87. The van der Waals surface area contributed by atoms with Crippen molar-refractivity contribution in [1.82, 2.24) is 9.80 Å². The number of nitrogens with zero attached hydrogens (tertiary/aromatic N) is 2. The second-order valence-electron chi connectivity index (χ2n) is 8.06. The summed E-state index contributed by atoms with van der Waals surface area (Å²) in [5, 5.41) is 11.0. The summed E-state index contributed by atoms with van der Waals surface area (Å²) in [4.78, 5) is 4.85. The standard InChI is InChI=1S/C26H30N2O/c1-21(24-15-9-4-10-16-24)28(18-23-13-7-3-8-14-23)25-19-27(20-26(25)29)17-22-11-5-2-6-12-22/h2-16,21,25-26,29H,17-20H2,1H3/t21-,25-,26-/m0/s1. The third-order valence-electron chi connectivity index (χ3n) is 6.00. The van der Waals surface area contributed by atoms with Crippen LogP contribution in [-0.4, -0.2) is 40.1 Å². The van der Waals surface area contributed by atoms with Crippen molar-refractivity contribution in [1.29, 1.82) is 0 Å². The summed E-state index contributed by atoms with van der Waals surface area (Å²) in [7, 11) is 0. The van der Waals surface area contributed by atoms with Crippen molar-refractivity contribution < 1.29 is 5.11 Å². The Bertz CT molecular complexity index is 869. The predicted molar refractivity (Wildman–Crippen MR) is 118 cm³/mol. The van der Waals surface area contributed by atoms with Gasteiger partial charge in [-0.2, -0.15) is 0 Å². The monoisotopic (exact) mass is 386 g/mol. The molecule has 1 saturated heterocycles. The van der Waals surface area contributed by atoms with E-state index >= 15 is 0 Å². The van der Waals surface area contributed by atoms with Crippen molar-refractivity contribution in [2.24, 2.45) is 0 Å². The third-order valence-corrected chi connectivity index (χ3v) is 6.00. The van der Waals surface area contributed by atoms with E-state index in [0.717, 1.165) is 19.6 Å². The first-order valence-electron chi connectivity index (χ1n) is 10.5. The summed E-state index contributed by atoms with van der Waals surface area (Å²) in [6, 6.07) is 32.1. The van der Waals surface area contributed by atoms with Crippen molar-refractivity contribution in [3.63, 3.8) is 0 Å². The molecule has 3 heteroatoms. The Morgan fingerprint density at radius 3 is 2.00 bits per heavy atom. The number of benzene rings is 3. The minimum Gasteiger partial charge on any atom is -0.390 e. The van der Waals surface area contributed by atoms with E-state index in [1.54, 1.807) is 0 Å². The lowest BCUT2D eigenvalue weighted by Crippen LogP contribution is -2.44. The van der Waals surface area contributed by atoms with Crippen molar-refractivity contribution >= 4 is 0 Å². The number of hydrogen-bond donors (Lipinski definition) is 1. The molecule has 29 heavy (non-hydrogen) atoms. The maximum Gasteiger partial charge on any atom is 0.0834 e. The average molecular weight is 387 g/mol. The zero-order valence-electron chi connectivity index (χ0n) is 17.1. The van der Waals surface area contributed by atoms with Gasteiger partial charge in [0.25, 0.3) is 0 Å². The minimum absolute atomic E-state index is 0.106. The number of aliphatic hydroxyl groups excluding tert-OH is 1. The first kappa shape index (κ1) is 19.8. The van der Waals surface area contributed by atoms with Gasteiger partial charge in [0.05, 0.1) is 12.1 Å². The van der Waals surface area contributed by atoms with E-state index in [-0.39, 0.29) is 18.2 Å². The van der Waals surface area contributed by atoms with Crippen LogP contribution in [0.5, 0.6) is 0 Å². The Kier molecular flexibility index (Phi) is 6.40. The van der Waals surface area contributed by atoms with Gasteiger partial charge in [0.1, 0.15) is 0 Å². The van der Waals surface area contributed by atoms with Crippen LogP contribution in [0.1, 0.15) is 29.7 Å². The summed E-state index contributed by atoms with van der Waals surface area (Å²) >= 11 is 0. The zero-order chi connectivity index (χ0) is 20.1. The van der Waals surface area contributed by atoms with Crippen molar-refractivity contribution in [3.8, 4) is 0 Å². The zero-order valence-corrected chi connectivity index (χ0v) is 17.1. The van der Waals surface area contributed by atoms with E-state index in [4.69, 9.17) is 0 Å². The van der Waals surface area contributed by atoms with Gasteiger partial charge in [0, 0.05) is 32.2 Å². The molecule has 3 aromatic rings. The molecule has 0 amide bonds. The molecule has 0 aliphatic carbocycles. The van der Waals surface area contributed by atoms with Gasteiger partial charge in [-0.25, -0.2) is 0 Å². The molecule has 0 saturated carbocycles. The van der Waals surface area contributed by atoms with Gasteiger partial charge in [-0.1, -0.05) is 91.0 Å². The van der Waals surface area contributed by atoms with E-state index in [0.29, 0.717) is 6.54 Å². The molecular weight excluding hydrogens is 356 g/mol. The molecule has 3 nitrogen and oxygen atoms in total. The van der Waals surface area contributed by atoms with Crippen LogP contribution in [0, 0.1) is 0 Å². The largest absolute Gasteiger partial charge is 0.390 e. The highest BCUT2D eigenvalue weighted by Gasteiger charge is 2.37. The number of aliphatic hydroxyl groups is 1. The SMILES string of the molecule is C[C@@H](c1ccccc1)N(Cc1ccccc1)[C@H]1CN(Cc2ccccc2)C[C@@H]1O. The summed E-state index contributed by atoms with van der Waals surface area (Å²) in [5.74, 6) is 0. The Hall–Kier alpha value is -2.46.